The van der Waals surface area contributed by atoms with Crippen molar-refractivity contribution in [2.24, 2.45) is 5.92 Å². The normalized spacial score (nSPS) is 11.5. The highest BCUT2D eigenvalue weighted by Gasteiger charge is 2.09. The molecule has 0 bridgehead atoms. The van der Waals surface area contributed by atoms with Crippen molar-refractivity contribution in [1.82, 2.24) is 0 Å². The van der Waals surface area contributed by atoms with Crippen LogP contribution < -0.4 is 4.74 Å². The lowest BCUT2D eigenvalue weighted by Gasteiger charge is -2.06. The molecule has 0 aliphatic heterocycles. The van der Waals surface area contributed by atoms with Gasteiger partial charge in [0.25, 0.3) is 0 Å². The SMILES string of the molecule is CCCOC(=O)C(O)=COc1ccc(CC(C)C)cc1. The minimum absolute atomic E-state index is 0.278. The minimum atomic E-state index is -0.775. The van der Waals surface area contributed by atoms with Gasteiger partial charge in [0.05, 0.1) is 6.61 Å². The van der Waals surface area contributed by atoms with Gasteiger partial charge < -0.3 is 14.6 Å². The topological polar surface area (TPSA) is 55.8 Å². The van der Waals surface area contributed by atoms with Gasteiger partial charge in [-0.1, -0.05) is 32.9 Å². The van der Waals surface area contributed by atoms with Crippen LogP contribution >= 0.6 is 0 Å². The van der Waals surface area contributed by atoms with E-state index < -0.39 is 11.7 Å². The first-order chi connectivity index (χ1) is 9.52. The maximum Gasteiger partial charge on any atom is 0.376 e. The Labute approximate surface area is 120 Å². The fourth-order valence-corrected chi connectivity index (χ4v) is 1.62. The summed E-state index contributed by atoms with van der Waals surface area (Å²) in [6.45, 7) is 6.48. The zero-order chi connectivity index (χ0) is 15.0. The molecule has 1 rings (SSSR count). The highest BCUT2D eigenvalue weighted by Crippen LogP contribution is 2.15. The molecule has 0 fully saturated rings. The van der Waals surface area contributed by atoms with Gasteiger partial charge in [-0.05, 0) is 36.5 Å². The van der Waals surface area contributed by atoms with Crippen molar-refractivity contribution in [2.45, 2.75) is 33.6 Å². The van der Waals surface area contributed by atoms with Crippen LogP contribution in [0.15, 0.2) is 36.3 Å². The van der Waals surface area contributed by atoms with E-state index in [1.807, 2.05) is 19.1 Å². The van der Waals surface area contributed by atoms with Crippen molar-refractivity contribution in [3.8, 4) is 5.75 Å². The first kappa shape index (κ1) is 16.1. The number of carbonyl (C=O) groups excluding carboxylic acids is 1. The van der Waals surface area contributed by atoms with Gasteiger partial charge in [0.15, 0.2) is 0 Å². The van der Waals surface area contributed by atoms with Crippen LogP contribution in [-0.4, -0.2) is 17.7 Å². The van der Waals surface area contributed by atoms with Gasteiger partial charge >= 0.3 is 5.97 Å². The zero-order valence-corrected chi connectivity index (χ0v) is 12.3. The highest BCUT2D eigenvalue weighted by molar-refractivity contribution is 5.85. The molecule has 1 N–H and O–H groups in total. The molecule has 20 heavy (non-hydrogen) atoms. The molecule has 1 aromatic carbocycles. The third-order valence-electron chi connectivity index (χ3n) is 2.52. The summed E-state index contributed by atoms with van der Waals surface area (Å²) < 4.78 is 9.98. The van der Waals surface area contributed by atoms with Crippen molar-refractivity contribution in [2.75, 3.05) is 6.61 Å². The molecule has 0 radical (unpaired) electrons. The summed E-state index contributed by atoms with van der Waals surface area (Å²) in [5.41, 5.74) is 1.22. The lowest BCUT2D eigenvalue weighted by Crippen LogP contribution is -2.09. The summed E-state index contributed by atoms with van der Waals surface area (Å²) in [4.78, 5) is 11.3. The molecule has 0 saturated heterocycles. The average molecular weight is 278 g/mol. The van der Waals surface area contributed by atoms with Crippen molar-refractivity contribution in [1.29, 1.82) is 0 Å². The molecule has 0 heterocycles. The van der Waals surface area contributed by atoms with Crippen molar-refractivity contribution in [3.05, 3.63) is 41.9 Å². The number of hydrogen-bond acceptors (Lipinski definition) is 4. The van der Waals surface area contributed by atoms with E-state index in [2.05, 4.69) is 13.8 Å². The number of carbonyl (C=O) groups is 1. The standard InChI is InChI=1S/C16H22O4/c1-4-9-19-16(18)15(17)11-20-14-7-5-13(6-8-14)10-12(2)3/h5-8,11-12,17H,4,9-10H2,1-3H3. The predicted molar refractivity (Wildman–Crippen MR) is 77.6 cm³/mol. The minimum Gasteiger partial charge on any atom is -0.500 e. The fourth-order valence-electron chi connectivity index (χ4n) is 1.62. The van der Waals surface area contributed by atoms with E-state index in [9.17, 15) is 9.90 Å². The molecule has 0 amide bonds. The van der Waals surface area contributed by atoms with E-state index in [4.69, 9.17) is 9.47 Å². The largest absolute Gasteiger partial charge is 0.500 e. The lowest BCUT2D eigenvalue weighted by molar-refractivity contribution is -0.142. The number of esters is 1. The summed E-state index contributed by atoms with van der Waals surface area (Å²) in [7, 11) is 0. The first-order valence-electron chi connectivity index (χ1n) is 6.84. The van der Waals surface area contributed by atoms with E-state index in [1.54, 1.807) is 12.1 Å². The van der Waals surface area contributed by atoms with Crippen LogP contribution in [0.25, 0.3) is 0 Å². The lowest BCUT2D eigenvalue weighted by atomic mass is 10.0. The van der Waals surface area contributed by atoms with Gasteiger partial charge in [-0.3, -0.25) is 0 Å². The van der Waals surface area contributed by atoms with E-state index in [1.165, 1.54) is 5.56 Å². The van der Waals surface area contributed by atoms with Crippen LogP contribution in [0.3, 0.4) is 0 Å². The molecular weight excluding hydrogens is 256 g/mol. The number of ether oxygens (including phenoxy) is 2. The summed E-state index contributed by atoms with van der Waals surface area (Å²) >= 11 is 0. The number of benzene rings is 1. The fraction of sp³-hybridized carbons (Fsp3) is 0.438. The maximum absolute atomic E-state index is 11.3. The Morgan fingerprint density at radius 1 is 1.30 bits per heavy atom. The maximum atomic E-state index is 11.3. The zero-order valence-electron chi connectivity index (χ0n) is 12.3. The van der Waals surface area contributed by atoms with Crippen molar-refractivity contribution >= 4 is 5.97 Å². The third-order valence-corrected chi connectivity index (χ3v) is 2.52. The Bertz CT molecular complexity index is 446. The first-order valence-corrected chi connectivity index (χ1v) is 6.84. The van der Waals surface area contributed by atoms with Crippen LogP contribution in [0.5, 0.6) is 5.75 Å². The highest BCUT2D eigenvalue weighted by atomic mass is 16.5. The van der Waals surface area contributed by atoms with Crippen molar-refractivity contribution in [3.63, 3.8) is 0 Å². The van der Waals surface area contributed by atoms with Gasteiger partial charge in [0, 0.05) is 0 Å². The summed E-state index contributed by atoms with van der Waals surface area (Å²) in [5.74, 6) is -0.153. The molecule has 0 saturated carbocycles. The van der Waals surface area contributed by atoms with E-state index in [0.717, 1.165) is 12.7 Å². The second-order valence-corrected chi connectivity index (χ2v) is 5.00. The van der Waals surface area contributed by atoms with Crippen LogP contribution in [0.4, 0.5) is 0 Å². The Balaban J connectivity index is 2.54. The molecule has 0 aromatic heterocycles. The molecule has 0 aliphatic rings. The van der Waals surface area contributed by atoms with E-state index in [0.29, 0.717) is 18.1 Å². The summed E-state index contributed by atoms with van der Waals surface area (Å²) in [6, 6.07) is 7.54. The molecular formula is C16H22O4. The molecule has 0 atom stereocenters. The van der Waals surface area contributed by atoms with Gasteiger partial charge in [-0.2, -0.15) is 0 Å². The molecule has 0 unspecified atom stereocenters. The molecule has 110 valence electrons. The van der Waals surface area contributed by atoms with E-state index in [-0.39, 0.29) is 6.61 Å². The number of rotatable bonds is 7. The molecule has 4 nitrogen and oxygen atoms in total. The van der Waals surface area contributed by atoms with Crippen LogP contribution in [-0.2, 0) is 16.0 Å². The second kappa shape index (κ2) is 8.25. The smallest absolute Gasteiger partial charge is 0.376 e. The molecule has 1 aromatic rings. The van der Waals surface area contributed by atoms with E-state index >= 15 is 0 Å². The van der Waals surface area contributed by atoms with Crippen LogP contribution in [0.2, 0.25) is 0 Å². The Hall–Kier alpha value is -1.97. The Kier molecular flexibility index (Phi) is 6.64. The van der Waals surface area contributed by atoms with Crippen molar-refractivity contribution < 1.29 is 19.4 Å². The third kappa shape index (κ3) is 5.78. The number of aliphatic hydroxyl groups is 1. The number of aliphatic hydroxyl groups excluding tert-OH is 1. The quantitative estimate of drug-likeness (QED) is 0.470. The van der Waals surface area contributed by atoms with Gasteiger partial charge in [0.1, 0.15) is 12.0 Å². The predicted octanol–water partition coefficient (Wildman–Crippen LogP) is 3.62. The van der Waals surface area contributed by atoms with Gasteiger partial charge in [-0.25, -0.2) is 4.79 Å². The summed E-state index contributed by atoms with van der Waals surface area (Å²) in [5, 5.41) is 9.44. The van der Waals surface area contributed by atoms with Crippen LogP contribution in [0.1, 0.15) is 32.8 Å². The molecule has 4 heteroatoms. The van der Waals surface area contributed by atoms with Gasteiger partial charge in [-0.15, -0.1) is 0 Å². The monoisotopic (exact) mass is 278 g/mol. The Morgan fingerprint density at radius 3 is 2.50 bits per heavy atom. The Morgan fingerprint density at radius 2 is 1.95 bits per heavy atom. The number of hydrogen-bond donors (Lipinski definition) is 1. The average Bonchev–Trinajstić information content (AvgIpc) is 2.43. The second-order valence-electron chi connectivity index (χ2n) is 5.00. The molecule has 0 spiro atoms. The molecule has 0 aliphatic carbocycles. The van der Waals surface area contributed by atoms with Gasteiger partial charge in [0.2, 0.25) is 5.76 Å². The van der Waals surface area contributed by atoms with Crippen LogP contribution in [0, 0.1) is 5.92 Å². The summed E-state index contributed by atoms with van der Waals surface area (Å²) in [6.07, 6.45) is 2.71.